The summed E-state index contributed by atoms with van der Waals surface area (Å²) in [6, 6.07) is 19.2. The summed E-state index contributed by atoms with van der Waals surface area (Å²) >= 11 is 0. The zero-order valence-electron chi connectivity index (χ0n) is 27.9. The zero-order valence-corrected chi connectivity index (χ0v) is 27.9. The van der Waals surface area contributed by atoms with Crippen LogP contribution in [-0.4, -0.2) is 60.2 Å². The molecule has 0 bridgehead atoms. The first-order valence-corrected chi connectivity index (χ1v) is 16.7. The van der Waals surface area contributed by atoms with Gasteiger partial charge < -0.3 is 31.7 Å². The van der Waals surface area contributed by atoms with E-state index >= 15 is 0 Å². The maximum Gasteiger partial charge on any atom is 0.408 e. The Bertz CT molecular complexity index is 1640. The maximum absolute atomic E-state index is 13.4. The summed E-state index contributed by atoms with van der Waals surface area (Å²) in [5, 5.41) is 12.1. The maximum atomic E-state index is 13.4. The number of carbonyl (C=O) groups excluding carboxylic acids is 6. The predicted octanol–water partition coefficient (Wildman–Crippen LogP) is 3.05. The van der Waals surface area contributed by atoms with Crippen molar-refractivity contribution in [2.75, 3.05) is 6.54 Å². The second-order valence-electron chi connectivity index (χ2n) is 12.6. The minimum Gasteiger partial charge on any atom is -0.445 e. The molecular formula is C37H45N5O7. The minimum absolute atomic E-state index is 0.0228. The number of hydrogen-bond acceptors (Lipinski definition) is 7. The Morgan fingerprint density at radius 1 is 0.837 bits per heavy atom. The summed E-state index contributed by atoms with van der Waals surface area (Å²) in [6.45, 7) is 2.96. The Labute approximate surface area is 285 Å². The normalized spacial score (nSPS) is 14.8. The number of benzene rings is 3. The van der Waals surface area contributed by atoms with E-state index in [1.807, 2.05) is 79.7 Å². The molecule has 4 atom stereocenters. The van der Waals surface area contributed by atoms with Gasteiger partial charge in [-0.3, -0.25) is 24.0 Å². The van der Waals surface area contributed by atoms with E-state index in [2.05, 4.69) is 21.3 Å². The first-order valence-electron chi connectivity index (χ1n) is 16.7. The Hall–Kier alpha value is -5.26. The fraction of sp³-hybridized carbons (Fsp3) is 0.405. The molecule has 12 nitrogen and oxygen atoms in total. The van der Waals surface area contributed by atoms with Gasteiger partial charge in [-0.1, -0.05) is 106 Å². The van der Waals surface area contributed by atoms with E-state index in [0.29, 0.717) is 25.2 Å². The summed E-state index contributed by atoms with van der Waals surface area (Å²) in [4.78, 5) is 77.2. The van der Waals surface area contributed by atoms with Crippen LogP contribution in [0.3, 0.4) is 0 Å². The highest BCUT2D eigenvalue weighted by Crippen LogP contribution is 2.34. The summed E-state index contributed by atoms with van der Waals surface area (Å²) in [7, 11) is 0. The minimum atomic E-state index is -1.21. The predicted molar refractivity (Wildman–Crippen MR) is 184 cm³/mol. The molecule has 6 N–H and O–H groups in total. The second-order valence-corrected chi connectivity index (χ2v) is 12.6. The van der Waals surface area contributed by atoms with Crippen LogP contribution in [0.4, 0.5) is 4.79 Å². The number of ketones is 1. The smallest absolute Gasteiger partial charge is 0.408 e. The number of primary amides is 1. The van der Waals surface area contributed by atoms with Gasteiger partial charge in [0.1, 0.15) is 18.7 Å². The molecule has 1 saturated carbocycles. The van der Waals surface area contributed by atoms with Crippen molar-refractivity contribution in [3.63, 3.8) is 0 Å². The number of ether oxygens (including phenoxy) is 1. The lowest BCUT2D eigenvalue weighted by atomic mass is 9.94. The van der Waals surface area contributed by atoms with Gasteiger partial charge in [0, 0.05) is 6.42 Å². The Morgan fingerprint density at radius 2 is 1.53 bits per heavy atom. The van der Waals surface area contributed by atoms with E-state index in [0.717, 1.165) is 34.7 Å². The van der Waals surface area contributed by atoms with Crippen LogP contribution in [0.15, 0.2) is 72.8 Å². The molecule has 0 heterocycles. The quantitative estimate of drug-likeness (QED) is 0.129. The van der Waals surface area contributed by atoms with Crippen molar-refractivity contribution >= 4 is 46.3 Å². The van der Waals surface area contributed by atoms with Crippen molar-refractivity contribution in [2.24, 2.45) is 17.6 Å². The molecule has 1 aliphatic rings. The van der Waals surface area contributed by atoms with Crippen LogP contribution in [0.2, 0.25) is 0 Å². The molecule has 1 fully saturated rings. The van der Waals surface area contributed by atoms with E-state index in [1.165, 1.54) is 0 Å². The van der Waals surface area contributed by atoms with Gasteiger partial charge in [0.2, 0.25) is 23.5 Å². The van der Waals surface area contributed by atoms with Gasteiger partial charge in [0.25, 0.3) is 5.91 Å². The molecule has 4 rings (SSSR count). The average Bonchev–Trinajstić information content (AvgIpc) is 3.94. The largest absolute Gasteiger partial charge is 0.445 e. The highest BCUT2D eigenvalue weighted by Gasteiger charge is 2.34. The molecular weight excluding hydrogens is 626 g/mol. The van der Waals surface area contributed by atoms with Crippen molar-refractivity contribution in [3.05, 3.63) is 83.9 Å². The van der Waals surface area contributed by atoms with E-state index in [1.54, 1.807) is 6.92 Å². The SMILES string of the molecule is CC[C@H](C)C(NC(=O)[C@H](CCC1CC1)NC(=O)OCc1ccccc1)C(=O)C(=O)NCC(=O)N[C@@H](Cc1ccc2ccccc2c1)C(N)=O. The molecule has 49 heavy (non-hydrogen) atoms. The average molecular weight is 672 g/mol. The molecule has 0 aromatic heterocycles. The lowest BCUT2D eigenvalue weighted by Gasteiger charge is -2.26. The van der Waals surface area contributed by atoms with Crippen molar-refractivity contribution in [3.8, 4) is 0 Å². The number of amides is 5. The van der Waals surface area contributed by atoms with Crippen molar-refractivity contribution < 1.29 is 33.5 Å². The molecule has 0 radical (unpaired) electrons. The third-order valence-electron chi connectivity index (χ3n) is 8.74. The third-order valence-corrected chi connectivity index (χ3v) is 8.74. The molecule has 0 spiro atoms. The number of hydrogen-bond donors (Lipinski definition) is 5. The van der Waals surface area contributed by atoms with Crippen molar-refractivity contribution in [2.45, 2.75) is 77.1 Å². The standard InChI is InChI=1S/C37H45N5O7/c1-3-23(2)32(42-35(46)29(18-16-24-13-14-24)41-37(48)49-22-25-9-5-4-6-10-25)33(44)36(47)39-21-31(43)40-30(34(38)45)20-26-15-17-27-11-7-8-12-28(27)19-26/h4-12,15,17,19,23-24,29-30,32H,3,13-14,16,18,20-22H2,1-2H3,(H2,38,45)(H,39,47)(H,40,43)(H,41,48)(H,42,46)/t23-,29-,30-,32?/m0/s1. The van der Waals surface area contributed by atoms with Gasteiger partial charge in [-0.05, 0) is 46.6 Å². The van der Waals surface area contributed by atoms with Gasteiger partial charge in [0.05, 0.1) is 12.6 Å². The van der Waals surface area contributed by atoms with Crippen LogP contribution in [0.1, 0.15) is 57.1 Å². The van der Waals surface area contributed by atoms with Crippen LogP contribution < -0.4 is 27.0 Å². The number of carbonyl (C=O) groups is 6. The first kappa shape index (κ1) is 36.6. The molecule has 0 aliphatic heterocycles. The zero-order chi connectivity index (χ0) is 35.3. The Balaban J connectivity index is 1.32. The highest BCUT2D eigenvalue weighted by molar-refractivity contribution is 6.38. The summed E-state index contributed by atoms with van der Waals surface area (Å²) in [5.74, 6) is -4.05. The van der Waals surface area contributed by atoms with E-state index in [-0.39, 0.29) is 13.0 Å². The van der Waals surface area contributed by atoms with Gasteiger partial charge in [0.15, 0.2) is 0 Å². The van der Waals surface area contributed by atoms with E-state index < -0.39 is 66.1 Å². The van der Waals surface area contributed by atoms with Crippen LogP contribution in [0.5, 0.6) is 0 Å². The molecule has 1 unspecified atom stereocenters. The fourth-order valence-electron chi connectivity index (χ4n) is 5.40. The molecule has 5 amide bonds. The second kappa shape index (κ2) is 17.8. The van der Waals surface area contributed by atoms with Gasteiger partial charge in [-0.15, -0.1) is 0 Å². The van der Waals surface area contributed by atoms with E-state index in [9.17, 15) is 28.8 Å². The molecule has 3 aromatic carbocycles. The van der Waals surface area contributed by atoms with Crippen LogP contribution in [0.25, 0.3) is 10.8 Å². The van der Waals surface area contributed by atoms with Gasteiger partial charge in [-0.2, -0.15) is 0 Å². The van der Waals surface area contributed by atoms with Crippen molar-refractivity contribution in [1.29, 1.82) is 0 Å². The van der Waals surface area contributed by atoms with Crippen LogP contribution in [0, 0.1) is 11.8 Å². The highest BCUT2D eigenvalue weighted by atomic mass is 16.5. The summed E-state index contributed by atoms with van der Waals surface area (Å²) in [6.07, 6.45) is 2.98. The topological polar surface area (TPSA) is 186 Å². The lowest BCUT2D eigenvalue weighted by molar-refractivity contribution is -0.141. The number of rotatable bonds is 18. The molecule has 260 valence electrons. The van der Waals surface area contributed by atoms with Crippen LogP contribution >= 0.6 is 0 Å². The fourth-order valence-corrected chi connectivity index (χ4v) is 5.40. The summed E-state index contributed by atoms with van der Waals surface area (Å²) in [5.41, 5.74) is 7.12. The third kappa shape index (κ3) is 11.4. The molecule has 0 saturated heterocycles. The van der Waals surface area contributed by atoms with Crippen molar-refractivity contribution in [1.82, 2.24) is 21.3 Å². The molecule has 12 heteroatoms. The number of fused-ring (bicyclic) bond motifs is 1. The molecule has 3 aromatic rings. The summed E-state index contributed by atoms with van der Waals surface area (Å²) < 4.78 is 5.31. The van der Waals surface area contributed by atoms with Gasteiger partial charge >= 0.3 is 6.09 Å². The number of alkyl carbamates (subject to hydrolysis) is 1. The number of nitrogens with two attached hydrogens (primary N) is 1. The monoisotopic (exact) mass is 671 g/mol. The van der Waals surface area contributed by atoms with Gasteiger partial charge in [-0.25, -0.2) is 4.79 Å². The number of nitrogens with one attached hydrogen (secondary N) is 4. The number of Topliss-reactive ketones (excluding diaryl/α,β-unsaturated/α-hetero) is 1. The lowest BCUT2D eigenvalue weighted by Crippen LogP contribution is -2.56. The van der Waals surface area contributed by atoms with E-state index in [4.69, 9.17) is 10.5 Å². The first-order chi connectivity index (χ1) is 23.5. The van der Waals surface area contributed by atoms with Crippen LogP contribution in [-0.2, 0) is 41.7 Å². The molecule has 1 aliphatic carbocycles. The Kier molecular flexibility index (Phi) is 13.3. The Morgan fingerprint density at radius 3 is 2.20 bits per heavy atom.